The van der Waals surface area contributed by atoms with Gasteiger partial charge in [0.25, 0.3) is 5.91 Å². The van der Waals surface area contributed by atoms with Crippen LogP contribution in [0.1, 0.15) is 0 Å². The van der Waals surface area contributed by atoms with Gasteiger partial charge in [0, 0.05) is 12.7 Å². The van der Waals surface area contributed by atoms with Crippen LogP contribution < -0.4 is 10.2 Å². The Balaban J connectivity index is 1.52. The number of nitrogens with zero attached hydrogens (tertiary/aromatic N) is 5. The highest BCUT2D eigenvalue weighted by Gasteiger charge is 2.38. The Bertz CT molecular complexity index is 891. The van der Waals surface area contributed by atoms with Crippen molar-refractivity contribution in [1.29, 1.82) is 0 Å². The summed E-state index contributed by atoms with van der Waals surface area (Å²) >= 11 is 0. The monoisotopic (exact) mass is 312 g/mol. The number of rotatable bonds is 3. The normalized spacial score (nSPS) is 17.4. The van der Waals surface area contributed by atoms with Crippen LogP contribution in [0.4, 0.5) is 15.9 Å². The van der Waals surface area contributed by atoms with Crippen LogP contribution in [-0.2, 0) is 11.8 Å². The molecular formula is C15H13FN6O. The lowest BCUT2D eigenvalue weighted by molar-refractivity contribution is -0.123. The number of carbonyl (C=O) groups excluding carboxylic acids is 1. The van der Waals surface area contributed by atoms with Gasteiger partial charge in [0.05, 0.1) is 18.1 Å². The van der Waals surface area contributed by atoms with E-state index in [1.807, 2.05) is 0 Å². The molecule has 1 aromatic carbocycles. The quantitative estimate of drug-likeness (QED) is 0.738. The average molecular weight is 312 g/mol. The molecule has 4 rings (SSSR count). The van der Waals surface area contributed by atoms with Crippen LogP contribution in [-0.4, -0.2) is 38.2 Å². The van der Waals surface area contributed by atoms with E-state index in [9.17, 15) is 9.18 Å². The highest BCUT2D eigenvalue weighted by molar-refractivity contribution is 6.06. The van der Waals surface area contributed by atoms with E-state index in [1.54, 1.807) is 35.0 Å². The molecule has 3 aromatic rings. The molecule has 0 radical (unpaired) electrons. The van der Waals surface area contributed by atoms with E-state index < -0.39 is 0 Å². The van der Waals surface area contributed by atoms with Crippen LogP contribution in [0.3, 0.4) is 0 Å². The van der Waals surface area contributed by atoms with E-state index in [4.69, 9.17) is 0 Å². The highest BCUT2D eigenvalue weighted by atomic mass is 19.1. The Kier molecular flexibility index (Phi) is 2.97. The minimum atomic E-state index is -0.363. The van der Waals surface area contributed by atoms with Crippen molar-refractivity contribution in [3.05, 3.63) is 42.6 Å². The molecule has 8 heteroatoms. The number of halogens is 1. The number of hydrogen-bond acceptors (Lipinski definition) is 5. The second-order valence-electron chi connectivity index (χ2n) is 5.35. The molecule has 1 unspecified atom stereocenters. The lowest BCUT2D eigenvalue weighted by atomic mass is 10.1. The SMILES string of the molecule is Cn1ncc2c(NC3CN(c4ccc(F)cc4)C3=O)ncnc21. The van der Waals surface area contributed by atoms with E-state index in [1.165, 1.54) is 18.5 Å². The maximum absolute atomic E-state index is 12.9. The maximum Gasteiger partial charge on any atom is 0.251 e. The molecule has 23 heavy (non-hydrogen) atoms. The molecule has 7 nitrogen and oxygen atoms in total. The number of nitrogens with one attached hydrogen (secondary N) is 1. The molecule has 1 aliphatic heterocycles. The fourth-order valence-corrected chi connectivity index (χ4v) is 2.63. The van der Waals surface area contributed by atoms with Crippen molar-refractivity contribution in [1.82, 2.24) is 19.7 Å². The van der Waals surface area contributed by atoms with Crippen LogP contribution in [0.2, 0.25) is 0 Å². The van der Waals surface area contributed by atoms with Gasteiger partial charge < -0.3 is 10.2 Å². The van der Waals surface area contributed by atoms with E-state index in [2.05, 4.69) is 20.4 Å². The summed E-state index contributed by atoms with van der Waals surface area (Å²) in [5.74, 6) is 0.184. The first-order valence-corrected chi connectivity index (χ1v) is 7.09. The summed E-state index contributed by atoms with van der Waals surface area (Å²) in [5.41, 5.74) is 1.38. The van der Waals surface area contributed by atoms with Gasteiger partial charge in [0.1, 0.15) is 24.0 Å². The molecule has 0 bridgehead atoms. The topological polar surface area (TPSA) is 75.9 Å². The average Bonchev–Trinajstić information content (AvgIpc) is 2.94. The predicted octanol–water partition coefficient (Wildman–Crippen LogP) is 1.33. The summed E-state index contributed by atoms with van der Waals surface area (Å²) in [6.45, 7) is 0.496. The number of β-lactam (4-membered cyclic amide) rings is 1. The maximum atomic E-state index is 12.9. The summed E-state index contributed by atoms with van der Waals surface area (Å²) in [7, 11) is 1.80. The Morgan fingerprint density at radius 1 is 1.26 bits per heavy atom. The molecule has 116 valence electrons. The van der Waals surface area contributed by atoms with Crippen LogP contribution in [0.15, 0.2) is 36.8 Å². The van der Waals surface area contributed by atoms with Crippen molar-refractivity contribution in [3.63, 3.8) is 0 Å². The van der Waals surface area contributed by atoms with Gasteiger partial charge in [0.15, 0.2) is 5.65 Å². The predicted molar refractivity (Wildman–Crippen MR) is 82.5 cm³/mol. The Morgan fingerprint density at radius 3 is 2.78 bits per heavy atom. The van der Waals surface area contributed by atoms with Crippen LogP contribution >= 0.6 is 0 Å². The van der Waals surface area contributed by atoms with E-state index in [0.29, 0.717) is 23.7 Å². The number of hydrogen-bond donors (Lipinski definition) is 1. The lowest BCUT2D eigenvalue weighted by Gasteiger charge is -2.38. The zero-order chi connectivity index (χ0) is 16.0. The summed E-state index contributed by atoms with van der Waals surface area (Å²) in [5, 5.41) is 8.03. The zero-order valence-electron chi connectivity index (χ0n) is 12.3. The van der Waals surface area contributed by atoms with Crippen molar-refractivity contribution in [2.75, 3.05) is 16.8 Å². The molecule has 3 heterocycles. The molecule has 1 saturated heterocycles. The number of aryl methyl sites for hydroxylation is 1. The summed E-state index contributed by atoms with van der Waals surface area (Å²) in [4.78, 5) is 22.2. The van der Waals surface area contributed by atoms with Gasteiger partial charge >= 0.3 is 0 Å². The van der Waals surface area contributed by atoms with Crippen molar-refractivity contribution in [3.8, 4) is 0 Å². The third-order valence-corrected chi connectivity index (χ3v) is 3.91. The summed E-state index contributed by atoms with van der Waals surface area (Å²) in [6.07, 6.45) is 3.10. The molecule has 1 amide bonds. The van der Waals surface area contributed by atoms with E-state index in [-0.39, 0.29) is 17.8 Å². The van der Waals surface area contributed by atoms with Gasteiger partial charge in [-0.1, -0.05) is 0 Å². The van der Waals surface area contributed by atoms with Crippen LogP contribution in [0.5, 0.6) is 0 Å². The first-order valence-electron chi connectivity index (χ1n) is 7.09. The van der Waals surface area contributed by atoms with Crippen molar-refractivity contribution in [2.24, 2.45) is 7.05 Å². The number of anilines is 2. The number of fused-ring (bicyclic) bond motifs is 1. The van der Waals surface area contributed by atoms with Gasteiger partial charge in [-0.15, -0.1) is 0 Å². The minimum absolute atomic E-state index is 0.0766. The third kappa shape index (κ3) is 2.19. The largest absolute Gasteiger partial charge is 0.356 e. The fourth-order valence-electron chi connectivity index (χ4n) is 2.63. The van der Waals surface area contributed by atoms with Gasteiger partial charge in [0.2, 0.25) is 0 Å². The second-order valence-corrected chi connectivity index (χ2v) is 5.35. The first-order chi connectivity index (χ1) is 11.1. The smallest absolute Gasteiger partial charge is 0.251 e. The van der Waals surface area contributed by atoms with Crippen molar-refractivity contribution in [2.45, 2.75) is 6.04 Å². The standard InChI is InChI=1S/C15H13FN6O/c1-21-14-11(6-19-21)13(17-8-18-14)20-12-7-22(15(12)23)10-4-2-9(16)3-5-10/h2-6,8,12H,7H2,1H3,(H,17,18,20). The highest BCUT2D eigenvalue weighted by Crippen LogP contribution is 2.26. The molecule has 1 atom stereocenters. The fraction of sp³-hybridized carbons (Fsp3) is 0.200. The number of amides is 1. The Hall–Kier alpha value is -3.03. The molecule has 2 aromatic heterocycles. The van der Waals surface area contributed by atoms with E-state index in [0.717, 1.165) is 5.39 Å². The third-order valence-electron chi connectivity index (χ3n) is 3.91. The minimum Gasteiger partial charge on any atom is -0.356 e. The van der Waals surface area contributed by atoms with Crippen molar-refractivity contribution < 1.29 is 9.18 Å². The van der Waals surface area contributed by atoms with Crippen LogP contribution in [0, 0.1) is 5.82 Å². The van der Waals surface area contributed by atoms with Gasteiger partial charge in [-0.3, -0.25) is 9.48 Å². The molecule has 1 aliphatic rings. The number of carbonyl (C=O) groups is 1. The molecule has 0 spiro atoms. The van der Waals surface area contributed by atoms with Crippen molar-refractivity contribution >= 4 is 28.4 Å². The Morgan fingerprint density at radius 2 is 2.04 bits per heavy atom. The summed E-state index contributed by atoms with van der Waals surface area (Å²) in [6, 6.07) is 5.50. The Labute approximate surface area is 130 Å². The molecule has 1 fully saturated rings. The molecule has 1 N–H and O–H groups in total. The molecule has 0 aliphatic carbocycles. The molecule has 0 saturated carbocycles. The van der Waals surface area contributed by atoms with Gasteiger partial charge in [-0.2, -0.15) is 5.10 Å². The first kappa shape index (κ1) is 13.6. The number of aromatic nitrogens is 4. The summed E-state index contributed by atoms with van der Waals surface area (Å²) < 4.78 is 14.6. The zero-order valence-corrected chi connectivity index (χ0v) is 12.3. The second kappa shape index (κ2) is 5.01. The lowest BCUT2D eigenvalue weighted by Crippen LogP contribution is -2.60. The van der Waals surface area contributed by atoms with E-state index >= 15 is 0 Å². The van der Waals surface area contributed by atoms with Gasteiger partial charge in [-0.05, 0) is 24.3 Å². The van der Waals surface area contributed by atoms with Gasteiger partial charge in [-0.25, -0.2) is 14.4 Å². The number of benzene rings is 1. The van der Waals surface area contributed by atoms with Crippen LogP contribution in [0.25, 0.3) is 11.0 Å². The molecular weight excluding hydrogens is 299 g/mol.